The fraction of sp³-hybridized carbons (Fsp3) is 0.500. The first-order valence-electron chi connectivity index (χ1n) is 6.42. The lowest BCUT2D eigenvalue weighted by Crippen LogP contribution is -2.37. The van der Waals surface area contributed by atoms with E-state index in [0.717, 1.165) is 6.54 Å². The third-order valence-corrected chi connectivity index (χ3v) is 2.94. The van der Waals surface area contributed by atoms with Crippen molar-refractivity contribution in [1.82, 2.24) is 10.6 Å². The summed E-state index contributed by atoms with van der Waals surface area (Å²) >= 11 is 0. The van der Waals surface area contributed by atoms with E-state index in [1.807, 2.05) is 6.92 Å². The van der Waals surface area contributed by atoms with E-state index in [9.17, 15) is 13.6 Å². The smallest absolute Gasteiger partial charge is 0.224 e. The minimum atomic E-state index is -0.697. The Hall–Kier alpha value is -1.49. The normalized spacial score (nSPS) is 13.9. The molecule has 2 unspecified atom stereocenters. The molecule has 1 rings (SSSR count). The van der Waals surface area contributed by atoms with Crippen LogP contribution in [0, 0.1) is 17.6 Å². The second-order valence-corrected chi connectivity index (χ2v) is 4.57. The highest BCUT2D eigenvalue weighted by atomic mass is 19.1. The molecule has 19 heavy (non-hydrogen) atoms. The van der Waals surface area contributed by atoms with E-state index < -0.39 is 17.7 Å². The molecule has 0 aromatic heterocycles. The Morgan fingerprint density at radius 1 is 1.26 bits per heavy atom. The lowest BCUT2D eigenvalue weighted by Gasteiger charge is -2.19. The van der Waals surface area contributed by atoms with E-state index in [2.05, 4.69) is 10.6 Å². The molecule has 2 N–H and O–H groups in total. The van der Waals surface area contributed by atoms with Crippen LogP contribution in [-0.4, -0.2) is 19.0 Å². The molecule has 1 aromatic rings. The van der Waals surface area contributed by atoms with Crippen LogP contribution >= 0.6 is 0 Å². The number of hydrogen-bond acceptors (Lipinski definition) is 2. The highest BCUT2D eigenvalue weighted by molar-refractivity contribution is 5.78. The molecule has 1 amide bonds. The van der Waals surface area contributed by atoms with Gasteiger partial charge in [0.05, 0.1) is 6.04 Å². The minimum absolute atomic E-state index is 0.105. The van der Waals surface area contributed by atoms with Gasteiger partial charge in [-0.3, -0.25) is 4.79 Å². The Morgan fingerprint density at radius 2 is 1.84 bits per heavy atom. The molecule has 0 aliphatic heterocycles. The standard InChI is InChI=1S/C14H20F2N2O/c1-4-17-8-9(2)14(19)18-10(3)13-11(15)6-5-7-12(13)16/h5-7,9-10,17H,4,8H2,1-3H3,(H,18,19). The van der Waals surface area contributed by atoms with Crippen LogP contribution in [0.15, 0.2) is 18.2 Å². The van der Waals surface area contributed by atoms with Crippen molar-refractivity contribution in [3.05, 3.63) is 35.4 Å². The first kappa shape index (κ1) is 15.6. The van der Waals surface area contributed by atoms with Gasteiger partial charge in [-0.25, -0.2) is 8.78 Å². The van der Waals surface area contributed by atoms with Gasteiger partial charge in [0.25, 0.3) is 0 Å². The van der Waals surface area contributed by atoms with Gasteiger partial charge in [-0.05, 0) is 25.6 Å². The number of nitrogens with one attached hydrogen (secondary N) is 2. The van der Waals surface area contributed by atoms with Gasteiger partial charge in [-0.15, -0.1) is 0 Å². The van der Waals surface area contributed by atoms with E-state index in [1.54, 1.807) is 13.8 Å². The number of carbonyl (C=O) groups excluding carboxylic acids is 1. The zero-order valence-electron chi connectivity index (χ0n) is 11.5. The van der Waals surface area contributed by atoms with Crippen molar-refractivity contribution in [3.8, 4) is 0 Å². The van der Waals surface area contributed by atoms with Gasteiger partial charge in [-0.1, -0.05) is 19.9 Å². The maximum absolute atomic E-state index is 13.6. The number of carbonyl (C=O) groups is 1. The van der Waals surface area contributed by atoms with E-state index in [0.29, 0.717) is 6.54 Å². The summed E-state index contributed by atoms with van der Waals surface area (Å²) in [6.07, 6.45) is 0. The Morgan fingerprint density at radius 3 is 2.37 bits per heavy atom. The molecule has 0 aliphatic carbocycles. The lowest BCUT2D eigenvalue weighted by atomic mass is 10.1. The minimum Gasteiger partial charge on any atom is -0.349 e. The fourth-order valence-corrected chi connectivity index (χ4v) is 1.81. The predicted molar refractivity (Wildman–Crippen MR) is 70.6 cm³/mol. The van der Waals surface area contributed by atoms with Crippen molar-refractivity contribution in [3.63, 3.8) is 0 Å². The van der Waals surface area contributed by atoms with Gasteiger partial charge in [0.15, 0.2) is 0 Å². The maximum Gasteiger partial charge on any atom is 0.224 e. The Balaban J connectivity index is 2.69. The third-order valence-electron chi connectivity index (χ3n) is 2.94. The van der Waals surface area contributed by atoms with Gasteiger partial charge in [0.2, 0.25) is 5.91 Å². The highest BCUT2D eigenvalue weighted by Crippen LogP contribution is 2.20. The summed E-state index contributed by atoms with van der Waals surface area (Å²) in [7, 11) is 0. The molecule has 0 heterocycles. The van der Waals surface area contributed by atoms with Crippen molar-refractivity contribution in [2.24, 2.45) is 5.92 Å². The van der Waals surface area contributed by atoms with Gasteiger partial charge < -0.3 is 10.6 Å². The van der Waals surface area contributed by atoms with Crippen LogP contribution in [0.5, 0.6) is 0 Å². The molecule has 0 aliphatic rings. The molecular weight excluding hydrogens is 250 g/mol. The zero-order chi connectivity index (χ0) is 14.4. The molecule has 0 spiro atoms. The fourth-order valence-electron chi connectivity index (χ4n) is 1.81. The number of amides is 1. The van der Waals surface area contributed by atoms with Gasteiger partial charge >= 0.3 is 0 Å². The summed E-state index contributed by atoms with van der Waals surface area (Å²) in [5.41, 5.74) is -0.105. The summed E-state index contributed by atoms with van der Waals surface area (Å²) in [6.45, 7) is 6.59. The molecule has 1 aromatic carbocycles. The van der Waals surface area contributed by atoms with E-state index in [-0.39, 0.29) is 17.4 Å². The topological polar surface area (TPSA) is 41.1 Å². The molecule has 3 nitrogen and oxygen atoms in total. The number of hydrogen-bond donors (Lipinski definition) is 2. The monoisotopic (exact) mass is 270 g/mol. The largest absolute Gasteiger partial charge is 0.349 e. The maximum atomic E-state index is 13.6. The van der Waals surface area contributed by atoms with Crippen LogP contribution in [0.3, 0.4) is 0 Å². The molecule has 0 bridgehead atoms. The SMILES string of the molecule is CCNCC(C)C(=O)NC(C)c1c(F)cccc1F. The molecule has 0 saturated carbocycles. The second kappa shape index (κ2) is 7.19. The van der Waals surface area contributed by atoms with Gasteiger partial charge in [0.1, 0.15) is 11.6 Å². The summed E-state index contributed by atoms with van der Waals surface area (Å²) < 4.78 is 27.1. The number of halogens is 2. The first-order valence-corrected chi connectivity index (χ1v) is 6.42. The van der Waals surface area contributed by atoms with Crippen molar-refractivity contribution in [1.29, 1.82) is 0 Å². The van der Waals surface area contributed by atoms with Crippen LogP contribution in [-0.2, 0) is 4.79 Å². The first-order chi connectivity index (χ1) is 8.97. The van der Waals surface area contributed by atoms with Crippen molar-refractivity contribution in [2.75, 3.05) is 13.1 Å². The predicted octanol–water partition coefficient (Wildman–Crippen LogP) is 2.39. The molecule has 2 atom stereocenters. The van der Waals surface area contributed by atoms with E-state index in [4.69, 9.17) is 0 Å². The Kier molecular flexibility index (Phi) is 5.89. The quantitative estimate of drug-likeness (QED) is 0.833. The van der Waals surface area contributed by atoms with Crippen molar-refractivity contribution in [2.45, 2.75) is 26.8 Å². The van der Waals surface area contributed by atoms with Crippen LogP contribution in [0.4, 0.5) is 8.78 Å². The van der Waals surface area contributed by atoms with Crippen LogP contribution < -0.4 is 10.6 Å². The third kappa shape index (κ3) is 4.28. The van der Waals surface area contributed by atoms with Crippen LogP contribution in [0.1, 0.15) is 32.4 Å². The summed E-state index contributed by atoms with van der Waals surface area (Å²) in [5.74, 6) is -1.77. The van der Waals surface area contributed by atoms with Gasteiger partial charge in [0, 0.05) is 18.0 Å². The summed E-state index contributed by atoms with van der Waals surface area (Å²) in [5, 5.41) is 5.68. The Bertz CT molecular complexity index is 417. The van der Waals surface area contributed by atoms with Crippen LogP contribution in [0.25, 0.3) is 0 Å². The Labute approximate surface area is 112 Å². The average Bonchev–Trinajstić information content (AvgIpc) is 2.35. The van der Waals surface area contributed by atoms with Crippen molar-refractivity contribution >= 4 is 5.91 Å². The van der Waals surface area contributed by atoms with Crippen molar-refractivity contribution < 1.29 is 13.6 Å². The zero-order valence-corrected chi connectivity index (χ0v) is 11.5. The molecule has 106 valence electrons. The van der Waals surface area contributed by atoms with E-state index in [1.165, 1.54) is 18.2 Å². The number of rotatable bonds is 6. The lowest BCUT2D eigenvalue weighted by molar-refractivity contribution is -0.125. The average molecular weight is 270 g/mol. The number of benzene rings is 1. The molecular formula is C14H20F2N2O. The van der Waals surface area contributed by atoms with Gasteiger partial charge in [-0.2, -0.15) is 0 Å². The second-order valence-electron chi connectivity index (χ2n) is 4.57. The highest BCUT2D eigenvalue weighted by Gasteiger charge is 2.20. The van der Waals surface area contributed by atoms with Crippen LogP contribution in [0.2, 0.25) is 0 Å². The molecule has 0 radical (unpaired) electrons. The van der Waals surface area contributed by atoms with E-state index >= 15 is 0 Å². The molecule has 5 heteroatoms. The molecule has 0 fully saturated rings. The summed E-state index contributed by atoms with van der Waals surface area (Å²) in [4.78, 5) is 11.9. The summed E-state index contributed by atoms with van der Waals surface area (Å²) in [6, 6.07) is 2.97. The molecule has 0 saturated heterocycles.